The summed E-state index contributed by atoms with van der Waals surface area (Å²) in [4.78, 5) is 27.4. The van der Waals surface area contributed by atoms with Crippen molar-refractivity contribution in [2.45, 2.75) is 19.4 Å². The Hall–Kier alpha value is -2.59. The molecule has 2 aromatic carbocycles. The largest absolute Gasteiger partial charge is 0.453 e. The van der Waals surface area contributed by atoms with Gasteiger partial charge in [0, 0.05) is 17.4 Å². The summed E-state index contributed by atoms with van der Waals surface area (Å²) in [5, 5.41) is 1.19. The van der Waals surface area contributed by atoms with E-state index in [0.29, 0.717) is 27.9 Å². The molecule has 24 heavy (non-hydrogen) atoms. The van der Waals surface area contributed by atoms with E-state index in [2.05, 4.69) is 4.98 Å². The number of carbonyl (C=O) groups is 1. The van der Waals surface area contributed by atoms with Crippen molar-refractivity contribution in [2.75, 3.05) is 0 Å². The molecule has 1 aliphatic rings. The molecule has 2 heterocycles. The number of cyclic esters (lactones) is 1. The van der Waals surface area contributed by atoms with E-state index >= 15 is 0 Å². The van der Waals surface area contributed by atoms with E-state index < -0.39 is 17.6 Å². The van der Waals surface area contributed by atoms with Gasteiger partial charge in [0.05, 0.1) is 10.5 Å². The highest BCUT2D eigenvalue weighted by Gasteiger charge is 2.36. The van der Waals surface area contributed by atoms with Crippen molar-refractivity contribution < 1.29 is 9.53 Å². The van der Waals surface area contributed by atoms with Crippen LogP contribution in [0, 0.1) is 6.92 Å². The van der Waals surface area contributed by atoms with Gasteiger partial charge in [-0.1, -0.05) is 48.0 Å². The topological polar surface area (TPSA) is 59.2 Å². The fourth-order valence-corrected chi connectivity index (χ4v) is 3.53. The maximum Gasteiger partial charge on any atom is 0.344 e. The van der Waals surface area contributed by atoms with Crippen LogP contribution in [0.4, 0.5) is 0 Å². The summed E-state index contributed by atoms with van der Waals surface area (Å²) in [6.45, 7) is 1.89. The van der Waals surface area contributed by atoms with Crippen LogP contribution in [0.15, 0.2) is 47.3 Å². The van der Waals surface area contributed by atoms with Gasteiger partial charge in [-0.05, 0) is 24.1 Å². The normalized spacial score (nSPS) is 16.2. The fraction of sp³-hybridized carbons (Fsp3) is 0.158. The molecule has 4 rings (SSSR count). The summed E-state index contributed by atoms with van der Waals surface area (Å²) in [6.07, 6.45) is -0.0124. The molecule has 3 aromatic rings. The first-order valence-corrected chi connectivity index (χ1v) is 8.04. The first-order valence-electron chi connectivity index (χ1n) is 7.66. The number of aromatic amines is 1. The molecular weight excluding hydrogens is 326 g/mol. The summed E-state index contributed by atoms with van der Waals surface area (Å²) in [6, 6.07) is 13.3. The predicted molar refractivity (Wildman–Crippen MR) is 92.6 cm³/mol. The molecule has 0 fully saturated rings. The number of nitrogens with one attached hydrogen (secondary N) is 1. The second kappa shape index (κ2) is 5.49. The van der Waals surface area contributed by atoms with Crippen LogP contribution in [0.2, 0.25) is 5.02 Å². The van der Waals surface area contributed by atoms with Crippen LogP contribution in [0.3, 0.4) is 0 Å². The van der Waals surface area contributed by atoms with Crippen LogP contribution >= 0.6 is 11.6 Å². The Balaban J connectivity index is 1.98. The zero-order chi connectivity index (χ0) is 16.8. The maximum absolute atomic E-state index is 12.4. The lowest BCUT2D eigenvalue weighted by atomic mass is 9.95. The van der Waals surface area contributed by atoms with E-state index in [1.165, 1.54) is 0 Å². The molecule has 0 aliphatic carbocycles. The Morgan fingerprint density at radius 2 is 1.88 bits per heavy atom. The number of aromatic nitrogens is 1. The minimum absolute atomic E-state index is 0.0657. The Morgan fingerprint density at radius 3 is 2.62 bits per heavy atom. The van der Waals surface area contributed by atoms with Crippen molar-refractivity contribution in [2.24, 2.45) is 0 Å². The molecule has 120 valence electrons. The van der Waals surface area contributed by atoms with Gasteiger partial charge in [-0.25, -0.2) is 4.79 Å². The summed E-state index contributed by atoms with van der Waals surface area (Å²) < 4.78 is 5.50. The maximum atomic E-state index is 12.4. The minimum Gasteiger partial charge on any atom is -0.453 e. The number of carbonyl (C=O) groups excluding carboxylic acids is 1. The molecule has 1 aliphatic heterocycles. The molecule has 0 radical (unpaired) electrons. The van der Waals surface area contributed by atoms with Gasteiger partial charge in [-0.15, -0.1) is 0 Å². The number of aryl methyl sites for hydroxylation is 1. The summed E-state index contributed by atoms with van der Waals surface area (Å²) in [7, 11) is 0. The lowest BCUT2D eigenvalue weighted by Gasteiger charge is -2.14. The third kappa shape index (κ3) is 2.22. The van der Waals surface area contributed by atoms with E-state index in [1.54, 1.807) is 6.07 Å². The smallest absolute Gasteiger partial charge is 0.344 e. The summed E-state index contributed by atoms with van der Waals surface area (Å²) >= 11 is 6.39. The zero-order valence-corrected chi connectivity index (χ0v) is 13.7. The standard InChI is InChI=1S/C19H14ClNO3/c1-10-7-8-12(20)14-15-13(9-11-5-3-2-4-6-11)24-19(23)16(15)18(22)21-17(10)14/h2-8,13H,9H2,1H3,(H,21,22). The van der Waals surface area contributed by atoms with E-state index in [4.69, 9.17) is 16.3 Å². The molecule has 0 bridgehead atoms. The number of fused-ring (bicyclic) bond motifs is 3. The number of esters is 1. The highest BCUT2D eigenvalue weighted by molar-refractivity contribution is 6.36. The van der Waals surface area contributed by atoms with Crippen LogP contribution < -0.4 is 5.56 Å². The number of hydrogen-bond acceptors (Lipinski definition) is 3. The average molecular weight is 340 g/mol. The number of pyridine rings is 1. The zero-order valence-electron chi connectivity index (χ0n) is 12.9. The van der Waals surface area contributed by atoms with Gasteiger partial charge < -0.3 is 9.72 Å². The predicted octanol–water partition coefficient (Wildman–Crippen LogP) is 3.94. The van der Waals surface area contributed by atoms with Crippen molar-refractivity contribution in [3.8, 4) is 0 Å². The van der Waals surface area contributed by atoms with E-state index in [9.17, 15) is 9.59 Å². The van der Waals surface area contributed by atoms with Crippen LogP contribution in [0.25, 0.3) is 10.9 Å². The highest BCUT2D eigenvalue weighted by Crippen LogP contribution is 2.39. The minimum atomic E-state index is -0.591. The second-order valence-electron chi connectivity index (χ2n) is 5.94. The molecule has 5 heteroatoms. The van der Waals surface area contributed by atoms with E-state index in [0.717, 1.165) is 11.1 Å². The van der Waals surface area contributed by atoms with Crippen LogP contribution in [-0.4, -0.2) is 11.0 Å². The number of benzene rings is 2. The molecule has 4 nitrogen and oxygen atoms in total. The van der Waals surface area contributed by atoms with Crippen molar-refractivity contribution in [3.05, 3.63) is 80.1 Å². The van der Waals surface area contributed by atoms with Gasteiger partial charge >= 0.3 is 5.97 Å². The van der Waals surface area contributed by atoms with Gasteiger partial charge in [-0.3, -0.25) is 4.79 Å². The van der Waals surface area contributed by atoms with Crippen LogP contribution in [-0.2, 0) is 11.2 Å². The molecule has 0 saturated carbocycles. The number of halogens is 1. The molecule has 0 amide bonds. The van der Waals surface area contributed by atoms with Gasteiger partial charge in [0.25, 0.3) is 5.56 Å². The number of rotatable bonds is 2. The van der Waals surface area contributed by atoms with Crippen molar-refractivity contribution in [1.82, 2.24) is 4.98 Å². The van der Waals surface area contributed by atoms with E-state index in [-0.39, 0.29) is 5.56 Å². The number of ether oxygens (including phenoxy) is 1. The summed E-state index contributed by atoms with van der Waals surface area (Å²) in [5.41, 5.74) is 2.81. The first kappa shape index (κ1) is 15.0. The third-order valence-corrected chi connectivity index (χ3v) is 4.72. The molecule has 0 spiro atoms. The highest BCUT2D eigenvalue weighted by atomic mass is 35.5. The first-order chi connectivity index (χ1) is 11.6. The Bertz CT molecular complexity index is 1020. The summed E-state index contributed by atoms with van der Waals surface area (Å²) in [5.74, 6) is -0.591. The molecular formula is C19H14ClNO3. The quantitative estimate of drug-likeness (QED) is 0.719. The molecule has 0 saturated heterocycles. The Morgan fingerprint density at radius 1 is 1.12 bits per heavy atom. The Labute approximate surface area is 143 Å². The molecule has 1 atom stereocenters. The monoisotopic (exact) mass is 339 g/mol. The number of hydrogen-bond donors (Lipinski definition) is 1. The van der Waals surface area contributed by atoms with Crippen molar-refractivity contribution >= 4 is 28.5 Å². The van der Waals surface area contributed by atoms with Crippen molar-refractivity contribution in [1.29, 1.82) is 0 Å². The van der Waals surface area contributed by atoms with Gasteiger partial charge in [0.1, 0.15) is 11.7 Å². The van der Waals surface area contributed by atoms with Gasteiger partial charge in [0.15, 0.2) is 0 Å². The Kier molecular flexibility index (Phi) is 3.43. The molecule has 1 aromatic heterocycles. The SMILES string of the molecule is Cc1ccc(Cl)c2c3c(c(=O)[nH]c12)C(=O)OC3Cc1ccccc1. The lowest BCUT2D eigenvalue weighted by Crippen LogP contribution is -2.17. The molecule has 1 unspecified atom stereocenters. The second-order valence-corrected chi connectivity index (χ2v) is 6.35. The molecule has 1 N–H and O–H groups in total. The van der Waals surface area contributed by atoms with E-state index in [1.807, 2.05) is 43.3 Å². The van der Waals surface area contributed by atoms with Crippen LogP contribution in [0.5, 0.6) is 0 Å². The third-order valence-electron chi connectivity index (χ3n) is 4.41. The van der Waals surface area contributed by atoms with Gasteiger partial charge in [0.2, 0.25) is 0 Å². The average Bonchev–Trinajstić information content (AvgIpc) is 2.89. The fourth-order valence-electron chi connectivity index (χ4n) is 3.27. The van der Waals surface area contributed by atoms with Crippen LogP contribution in [0.1, 0.15) is 33.2 Å². The number of H-pyrrole nitrogens is 1. The van der Waals surface area contributed by atoms with Gasteiger partial charge in [-0.2, -0.15) is 0 Å². The lowest BCUT2D eigenvalue weighted by molar-refractivity contribution is 0.0388. The van der Waals surface area contributed by atoms with Crippen molar-refractivity contribution in [3.63, 3.8) is 0 Å².